The molecule has 4 bridgehead atoms. The molecule has 5 aliphatic rings. The quantitative estimate of drug-likeness (QED) is 0.493. The van der Waals surface area contributed by atoms with Gasteiger partial charge in [0.25, 0.3) is 0 Å². The smallest absolute Gasteiger partial charge is 0.239 e. The van der Waals surface area contributed by atoms with Crippen molar-refractivity contribution < 1.29 is 18.4 Å². The molecule has 1 saturated heterocycles. The average Bonchev–Trinajstić information content (AvgIpc) is 2.88. The fourth-order valence-corrected chi connectivity index (χ4v) is 8.20. The number of fused-ring (bicyclic) bond motifs is 1. The van der Waals surface area contributed by atoms with Gasteiger partial charge in [-0.05, 0) is 86.0 Å². The third-order valence-electron chi connectivity index (χ3n) is 9.37. The third kappa shape index (κ3) is 4.22. The molecule has 0 radical (unpaired) electrons. The number of amides is 1. The van der Waals surface area contributed by atoms with Crippen LogP contribution in [0.4, 0.5) is 14.6 Å². The molecule has 202 valence electrons. The van der Waals surface area contributed by atoms with Gasteiger partial charge < -0.3 is 10.2 Å². The van der Waals surface area contributed by atoms with Crippen molar-refractivity contribution in [2.75, 3.05) is 24.5 Å². The van der Waals surface area contributed by atoms with E-state index in [1.807, 2.05) is 0 Å². The number of benzene rings is 1. The van der Waals surface area contributed by atoms with Crippen LogP contribution in [0.5, 0.6) is 0 Å². The summed E-state index contributed by atoms with van der Waals surface area (Å²) in [5, 5.41) is 2.95. The molecule has 3 heterocycles. The molecule has 1 N–H and O–H groups in total. The fourth-order valence-electron chi connectivity index (χ4n) is 8.20. The van der Waals surface area contributed by atoms with E-state index in [2.05, 4.69) is 10.3 Å². The third-order valence-corrected chi connectivity index (χ3v) is 9.37. The summed E-state index contributed by atoms with van der Waals surface area (Å²) in [4.78, 5) is 45.9. The summed E-state index contributed by atoms with van der Waals surface area (Å²) in [6.07, 6.45) is 8.57. The van der Waals surface area contributed by atoms with Crippen molar-refractivity contribution in [3.63, 3.8) is 0 Å². The minimum Gasteiger partial charge on any atom is -0.353 e. The monoisotopic (exact) mass is 532 g/mol. The Bertz CT molecular complexity index is 1550. The highest BCUT2D eigenvalue weighted by atomic mass is 19.1. The molecule has 9 heteroatoms. The number of piperazine rings is 1. The van der Waals surface area contributed by atoms with Gasteiger partial charge in [-0.1, -0.05) is 0 Å². The molecule has 1 aliphatic heterocycles. The lowest BCUT2D eigenvalue weighted by molar-refractivity contribution is -0.120. The Hall–Kier alpha value is -3.62. The molecular weight excluding hydrogens is 502 g/mol. The normalized spacial score (nSPS) is 27.7. The molecule has 8 rings (SSSR count). The number of carbonyl (C=O) groups excluding carboxylic acids is 2. The first-order valence-electron chi connectivity index (χ1n) is 13.8. The number of nitrogens with zero attached hydrogens (tertiary/aromatic N) is 3. The first-order chi connectivity index (χ1) is 18.8. The van der Waals surface area contributed by atoms with Crippen molar-refractivity contribution in [3.8, 4) is 5.69 Å². The summed E-state index contributed by atoms with van der Waals surface area (Å²) in [5.74, 6) is 0.547. The lowest BCUT2D eigenvalue weighted by Gasteiger charge is -2.56. The summed E-state index contributed by atoms with van der Waals surface area (Å²) in [5.41, 5.74) is -0.342. The Labute approximate surface area is 224 Å². The van der Waals surface area contributed by atoms with Crippen LogP contribution in [-0.4, -0.2) is 40.9 Å². The highest BCUT2D eigenvalue weighted by Crippen LogP contribution is 2.61. The summed E-state index contributed by atoms with van der Waals surface area (Å²) in [6, 6.07) is 6.44. The molecule has 4 aliphatic carbocycles. The van der Waals surface area contributed by atoms with Gasteiger partial charge in [0.15, 0.2) is 11.4 Å². The maximum absolute atomic E-state index is 15.1. The van der Waals surface area contributed by atoms with Gasteiger partial charge in [0.2, 0.25) is 11.3 Å². The van der Waals surface area contributed by atoms with E-state index in [1.54, 1.807) is 17.0 Å². The van der Waals surface area contributed by atoms with Gasteiger partial charge in [-0.15, -0.1) is 0 Å². The minimum absolute atomic E-state index is 0.00806. The van der Waals surface area contributed by atoms with Crippen LogP contribution in [-0.2, 0) is 4.79 Å². The van der Waals surface area contributed by atoms with E-state index in [9.17, 15) is 18.8 Å². The standard InChI is InChI=1S/C30H30F2N4O3/c31-20-1-3-24(23(32)10-20)36-15-22(25(37)14-30-11-17-7-18(12-30)9-19(8-17)13-30)28(39)21-2-4-26(34-29(21)36)35-6-5-33-27(38)16-35/h1-4,10,15,17-19H,5-9,11-14,16H2,(H,33,38). The molecular formula is C30H30F2N4O3. The molecule has 0 atom stereocenters. The number of pyridine rings is 2. The number of halogens is 2. The topological polar surface area (TPSA) is 84.3 Å². The maximum atomic E-state index is 15.1. The second-order valence-electron chi connectivity index (χ2n) is 12.2. The van der Waals surface area contributed by atoms with Gasteiger partial charge >= 0.3 is 0 Å². The largest absolute Gasteiger partial charge is 0.353 e. The second kappa shape index (κ2) is 8.96. The van der Waals surface area contributed by atoms with Gasteiger partial charge in [0.05, 0.1) is 23.2 Å². The van der Waals surface area contributed by atoms with Gasteiger partial charge in [-0.2, -0.15) is 0 Å². The van der Waals surface area contributed by atoms with E-state index in [0.29, 0.717) is 43.1 Å². The SMILES string of the molecule is O=C1CN(c2ccc3c(=O)c(C(=O)CC45CC6CC(CC(C6)C4)C5)cn(-c4ccc(F)cc4F)c3n2)CCN1. The van der Waals surface area contributed by atoms with Crippen molar-refractivity contribution in [3.05, 3.63) is 63.9 Å². The number of Topliss-reactive ketones (excluding diaryl/α,β-unsaturated/α-hetero) is 1. The van der Waals surface area contributed by atoms with Gasteiger partial charge in [-0.25, -0.2) is 13.8 Å². The summed E-state index contributed by atoms with van der Waals surface area (Å²) in [6.45, 7) is 1.09. The molecule has 5 fully saturated rings. The highest BCUT2D eigenvalue weighted by Gasteiger charge is 2.51. The van der Waals surface area contributed by atoms with Crippen LogP contribution < -0.4 is 15.6 Å². The van der Waals surface area contributed by atoms with E-state index < -0.39 is 17.1 Å². The predicted octanol–water partition coefficient (Wildman–Crippen LogP) is 4.39. The lowest BCUT2D eigenvalue weighted by Crippen LogP contribution is -2.48. The minimum atomic E-state index is -0.830. The Balaban J connectivity index is 1.33. The first kappa shape index (κ1) is 24.4. The van der Waals surface area contributed by atoms with Gasteiger partial charge in [0, 0.05) is 31.8 Å². The molecule has 7 nitrogen and oxygen atoms in total. The zero-order chi connectivity index (χ0) is 26.9. The molecule has 1 amide bonds. The van der Waals surface area contributed by atoms with Crippen molar-refractivity contribution in [1.82, 2.24) is 14.9 Å². The summed E-state index contributed by atoms with van der Waals surface area (Å²) in [7, 11) is 0. The number of carbonyl (C=O) groups is 2. The van der Waals surface area contributed by atoms with Crippen LogP contribution in [0.3, 0.4) is 0 Å². The van der Waals surface area contributed by atoms with E-state index in [-0.39, 0.29) is 45.9 Å². The average molecular weight is 533 g/mol. The summed E-state index contributed by atoms with van der Waals surface area (Å²) < 4.78 is 30.2. The van der Waals surface area contributed by atoms with Crippen LogP contribution in [0.15, 0.2) is 41.3 Å². The van der Waals surface area contributed by atoms with E-state index >= 15 is 4.39 Å². The Morgan fingerprint density at radius 1 is 1.03 bits per heavy atom. The second-order valence-corrected chi connectivity index (χ2v) is 12.2. The first-order valence-corrected chi connectivity index (χ1v) is 13.8. The predicted molar refractivity (Wildman–Crippen MR) is 142 cm³/mol. The lowest BCUT2D eigenvalue weighted by atomic mass is 9.48. The number of rotatable bonds is 5. The van der Waals surface area contributed by atoms with E-state index in [1.165, 1.54) is 36.1 Å². The van der Waals surface area contributed by atoms with Crippen molar-refractivity contribution >= 4 is 28.5 Å². The van der Waals surface area contributed by atoms with Crippen LogP contribution >= 0.6 is 0 Å². The van der Waals surface area contributed by atoms with Crippen molar-refractivity contribution in [2.24, 2.45) is 23.2 Å². The molecule has 0 unspecified atom stereocenters. The zero-order valence-corrected chi connectivity index (χ0v) is 21.6. The Morgan fingerprint density at radius 2 is 1.74 bits per heavy atom. The molecule has 4 saturated carbocycles. The Morgan fingerprint density at radius 3 is 2.41 bits per heavy atom. The molecule has 0 spiro atoms. The van der Waals surface area contributed by atoms with Gasteiger partial charge in [0.1, 0.15) is 17.5 Å². The van der Waals surface area contributed by atoms with E-state index in [0.717, 1.165) is 31.4 Å². The number of ketones is 1. The van der Waals surface area contributed by atoms with Crippen molar-refractivity contribution in [1.29, 1.82) is 0 Å². The number of nitrogens with one attached hydrogen (secondary N) is 1. The van der Waals surface area contributed by atoms with Crippen LogP contribution in [0.2, 0.25) is 0 Å². The number of hydrogen-bond acceptors (Lipinski definition) is 5. The van der Waals surface area contributed by atoms with E-state index in [4.69, 9.17) is 0 Å². The number of hydrogen-bond donors (Lipinski definition) is 1. The molecule has 2 aromatic heterocycles. The maximum Gasteiger partial charge on any atom is 0.239 e. The Kier molecular flexibility index (Phi) is 5.61. The van der Waals surface area contributed by atoms with Gasteiger partial charge in [-0.3, -0.25) is 19.0 Å². The van der Waals surface area contributed by atoms with Crippen LogP contribution in [0.25, 0.3) is 16.7 Å². The molecule has 39 heavy (non-hydrogen) atoms. The van der Waals surface area contributed by atoms with Crippen LogP contribution in [0, 0.1) is 34.8 Å². The fraction of sp³-hybridized carbons (Fsp3) is 0.467. The number of anilines is 1. The van der Waals surface area contributed by atoms with Crippen molar-refractivity contribution in [2.45, 2.75) is 44.9 Å². The summed E-state index contributed by atoms with van der Waals surface area (Å²) >= 11 is 0. The number of aromatic nitrogens is 2. The van der Waals surface area contributed by atoms with Crippen LogP contribution in [0.1, 0.15) is 55.3 Å². The zero-order valence-electron chi connectivity index (χ0n) is 21.6. The molecule has 1 aromatic carbocycles. The highest BCUT2D eigenvalue weighted by molar-refractivity contribution is 5.99. The molecule has 3 aromatic rings.